The van der Waals surface area contributed by atoms with Crippen LogP contribution in [0.5, 0.6) is 0 Å². The highest BCUT2D eigenvalue weighted by Crippen LogP contribution is 2.33. The number of hydrogen-bond acceptors (Lipinski definition) is 4. The number of carboxylic acid groups (broad SMARTS) is 1. The van der Waals surface area contributed by atoms with Crippen LogP contribution in [-0.2, 0) is 14.3 Å². The van der Waals surface area contributed by atoms with Gasteiger partial charge < -0.3 is 19.5 Å². The van der Waals surface area contributed by atoms with Crippen LogP contribution in [0.25, 0.3) is 0 Å². The van der Waals surface area contributed by atoms with Crippen LogP contribution < -0.4 is 0 Å². The molecule has 0 bridgehead atoms. The number of fused-ring (bicyclic) bond motifs is 1. The van der Waals surface area contributed by atoms with Crippen molar-refractivity contribution in [3.63, 3.8) is 0 Å². The highest BCUT2D eigenvalue weighted by molar-refractivity contribution is 5.73. The summed E-state index contributed by atoms with van der Waals surface area (Å²) in [6.45, 7) is 6.57. The third-order valence-corrected chi connectivity index (χ3v) is 3.45. The first-order chi connectivity index (χ1) is 8.76. The van der Waals surface area contributed by atoms with Crippen LogP contribution in [0.2, 0.25) is 0 Å². The average molecular weight is 271 g/mol. The Morgan fingerprint density at radius 2 is 2.05 bits per heavy atom. The van der Waals surface area contributed by atoms with Gasteiger partial charge in [-0.05, 0) is 33.6 Å². The van der Waals surface area contributed by atoms with Crippen molar-refractivity contribution in [2.75, 3.05) is 13.1 Å². The molecular weight excluding hydrogens is 250 g/mol. The monoisotopic (exact) mass is 271 g/mol. The summed E-state index contributed by atoms with van der Waals surface area (Å²) in [6, 6.07) is 0. The predicted molar refractivity (Wildman–Crippen MR) is 66.8 cm³/mol. The Balaban J connectivity index is 1.92. The molecule has 3 atom stereocenters. The minimum atomic E-state index is -0.918. The normalized spacial score (nSPS) is 30.9. The van der Waals surface area contributed by atoms with Gasteiger partial charge in [0.25, 0.3) is 0 Å². The molecule has 108 valence electrons. The van der Waals surface area contributed by atoms with Gasteiger partial charge in [-0.3, -0.25) is 0 Å². The number of ether oxygens (including phenoxy) is 2. The third-order valence-electron chi connectivity index (χ3n) is 3.45. The highest BCUT2D eigenvalue weighted by Gasteiger charge is 2.43. The standard InChI is InChI=1S/C13H21NO5/c1-13(2,3)19-12(17)14-5-4-9-8(7-14)6-10(18-9)11(15)16/h8-10H,4-7H2,1-3H3,(H,15,16)/t8-,9+,10+/m1/s1. The molecule has 2 saturated heterocycles. The first-order valence-corrected chi connectivity index (χ1v) is 6.62. The maximum atomic E-state index is 12.0. The van der Waals surface area contributed by atoms with E-state index in [1.54, 1.807) is 4.90 Å². The van der Waals surface area contributed by atoms with Crippen LogP contribution in [-0.4, -0.2) is 53.0 Å². The maximum absolute atomic E-state index is 12.0. The molecule has 0 aromatic carbocycles. The summed E-state index contributed by atoms with van der Waals surface area (Å²) in [4.78, 5) is 24.5. The second kappa shape index (κ2) is 5.00. The van der Waals surface area contributed by atoms with E-state index in [9.17, 15) is 9.59 Å². The summed E-state index contributed by atoms with van der Waals surface area (Å²) in [7, 11) is 0. The van der Waals surface area contributed by atoms with E-state index in [4.69, 9.17) is 14.6 Å². The Hall–Kier alpha value is -1.30. The van der Waals surface area contributed by atoms with Crippen LogP contribution in [0.1, 0.15) is 33.6 Å². The molecule has 6 heteroatoms. The number of carbonyl (C=O) groups is 2. The van der Waals surface area contributed by atoms with Gasteiger partial charge in [-0.1, -0.05) is 0 Å². The summed E-state index contributed by atoms with van der Waals surface area (Å²) in [5.41, 5.74) is -0.510. The van der Waals surface area contributed by atoms with Gasteiger partial charge in [-0.25, -0.2) is 9.59 Å². The van der Waals surface area contributed by atoms with Gasteiger partial charge in [0, 0.05) is 19.0 Å². The number of amides is 1. The first kappa shape index (κ1) is 14.1. The van der Waals surface area contributed by atoms with Crippen molar-refractivity contribution in [1.82, 2.24) is 4.90 Å². The van der Waals surface area contributed by atoms with Crippen molar-refractivity contribution in [2.45, 2.75) is 51.4 Å². The average Bonchev–Trinajstić information content (AvgIpc) is 2.69. The molecule has 1 N–H and O–H groups in total. The van der Waals surface area contributed by atoms with Crippen LogP contribution in [0.4, 0.5) is 4.79 Å². The number of carbonyl (C=O) groups excluding carboxylic acids is 1. The van der Waals surface area contributed by atoms with Crippen molar-refractivity contribution in [3.05, 3.63) is 0 Å². The smallest absolute Gasteiger partial charge is 0.410 e. The van der Waals surface area contributed by atoms with E-state index >= 15 is 0 Å². The van der Waals surface area contributed by atoms with Crippen molar-refractivity contribution >= 4 is 12.1 Å². The fourth-order valence-electron chi connectivity index (χ4n) is 2.61. The number of aliphatic carboxylic acids is 1. The van der Waals surface area contributed by atoms with Crippen LogP contribution in [0.15, 0.2) is 0 Å². The Morgan fingerprint density at radius 1 is 1.37 bits per heavy atom. The van der Waals surface area contributed by atoms with Gasteiger partial charge in [-0.15, -0.1) is 0 Å². The summed E-state index contributed by atoms with van der Waals surface area (Å²) in [6.07, 6.45) is 0.0468. The molecular formula is C13H21NO5. The van der Waals surface area contributed by atoms with E-state index in [2.05, 4.69) is 0 Å². The topological polar surface area (TPSA) is 76.1 Å². The SMILES string of the molecule is CC(C)(C)OC(=O)N1CC[C@@H]2O[C@H](C(=O)O)C[C@@H]2C1. The minimum Gasteiger partial charge on any atom is -0.479 e. The molecule has 2 rings (SSSR count). The third kappa shape index (κ3) is 3.37. The number of rotatable bonds is 1. The number of likely N-dealkylation sites (tertiary alicyclic amines) is 1. The predicted octanol–water partition coefficient (Wildman–Crippen LogP) is 1.49. The van der Waals surface area contributed by atoms with Crippen LogP contribution in [0.3, 0.4) is 0 Å². The second-order valence-electron chi connectivity index (χ2n) is 6.21. The zero-order chi connectivity index (χ0) is 14.2. The Morgan fingerprint density at radius 3 is 2.63 bits per heavy atom. The van der Waals surface area contributed by atoms with Crippen molar-refractivity contribution in [1.29, 1.82) is 0 Å². The number of carboxylic acids is 1. The molecule has 2 aliphatic heterocycles. The summed E-state index contributed by atoms with van der Waals surface area (Å²) < 4.78 is 10.8. The summed E-state index contributed by atoms with van der Waals surface area (Å²) >= 11 is 0. The molecule has 0 saturated carbocycles. The molecule has 0 aromatic rings. The molecule has 2 aliphatic rings. The van der Waals surface area contributed by atoms with E-state index in [1.165, 1.54) is 0 Å². The van der Waals surface area contributed by atoms with Gasteiger partial charge in [0.05, 0.1) is 6.10 Å². The molecule has 2 heterocycles. The lowest BCUT2D eigenvalue weighted by atomic mass is 9.93. The van der Waals surface area contributed by atoms with E-state index in [1.807, 2.05) is 20.8 Å². The lowest BCUT2D eigenvalue weighted by molar-refractivity contribution is -0.149. The van der Waals surface area contributed by atoms with Crippen molar-refractivity contribution in [3.8, 4) is 0 Å². The highest BCUT2D eigenvalue weighted by atomic mass is 16.6. The van der Waals surface area contributed by atoms with Gasteiger partial charge in [0.1, 0.15) is 5.60 Å². The minimum absolute atomic E-state index is 0.0419. The van der Waals surface area contributed by atoms with E-state index in [0.29, 0.717) is 25.9 Å². The first-order valence-electron chi connectivity index (χ1n) is 6.62. The summed E-state index contributed by atoms with van der Waals surface area (Å²) in [5.74, 6) is -0.819. The van der Waals surface area contributed by atoms with Crippen LogP contribution >= 0.6 is 0 Å². The maximum Gasteiger partial charge on any atom is 0.410 e. The Kier molecular flexibility index (Phi) is 3.71. The summed E-state index contributed by atoms with van der Waals surface area (Å²) in [5, 5.41) is 8.96. The van der Waals surface area contributed by atoms with Crippen molar-refractivity contribution in [2.24, 2.45) is 5.92 Å². The van der Waals surface area contributed by atoms with E-state index in [-0.39, 0.29) is 18.1 Å². The largest absolute Gasteiger partial charge is 0.479 e. The molecule has 0 radical (unpaired) electrons. The second-order valence-corrected chi connectivity index (χ2v) is 6.21. The van der Waals surface area contributed by atoms with E-state index < -0.39 is 17.7 Å². The fourth-order valence-corrected chi connectivity index (χ4v) is 2.61. The number of nitrogens with zero attached hydrogens (tertiary/aromatic N) is 1. The van der Waals surface area contributed by atoms with Gasteiger partial charge >= 0.3 is 12.1 Å². The fraction of sp³-hybridized carbons (Fsp3) is 0.846. The van der Waals surface area contributed by atoms with Gasteiger partial charge in [0.2, 0.25) is 0 Å². The van der Waals surface area contributed by atoms with E-state index in [0.717, 1.165) is 0 Å². The Labute approximate surface area is 112 Å². The molecule has 0 spiro atoms. The molecule has 2 fully saturated rings. The van der Waals surface area contributed by atoms with Crippen LogP contribution in [0, 0.1) is 5.92 Å². The van der Waals surface area contributed by atoms with Gasteiger partial charge in [0.15, 0.2) is 6.10 Å². The molecule has 6 nitrogen and oxygen atoms in total. The Bertz CT molecular complexity index is 376. The number of piperidine rings is 1. The number of hydrogen-bond donors (Lipinski definition) is 1. The lowest BCUT2D eigenvalue weighted by Gasteiger charge is -2.35. The quantitative estimate of drug-likeness (QED) is 0.782. The molecule has 1 amide bonds. The zero-order valence-corrected chi connectivity index (χ0v) is 11.6. The van der Waals surface area contributed by atoms with Gasteiger partial charge in [-0.2, -0.15) is 0 Å². The molecule has 0 unspecified atom stereocenters. The molecule has 0 aromatic heterocycles. The lowest BCUT2D eigenvalue weighted by Crippen LogP contribution is -2.46. The zero-order valence-electron chi connectivity index (χ0n) is 11.6. The molecule has 0 aliphatic carbocycles. The molecule has 19 heavy (non-hydrogen) atoms. The van der Waals surface area contributed by atoms with Crippen molar-refractivity contribution < 1.29 is 24.2 Å².